The molecule has 94 valence electrons. The number of aryl methyl sites for hydroxylation is 1. The number of anilines is 1. The summed E-state index contributed by atoms with van der Waals surface area (Å²) in [6.07, 6.45) is 1.83. The van der Waals surface area contributed by atoms with Gasteiger partial charge < -0.3 is 14.7 Å². The van der Waals surface area contributed by atoms with Crippen LogP contribution >= 0.6 is 0 Å². The molecule has 1 N–H and O–H groups in total. The Kier molecular flexibility index (Phi) is 5.66. The van der Waals surface area contributed by atoms with Crippen LogP contribution in [0.15, 0.2) is 24.8 Å². The number of aromatic nitrogens is 1. The first-order valence-electron chi connectivity index (χ1n) is 5.64. The lowest BCUT2D eigenvalue weighted by molar-refractivity contribution is 0.205. The molecule has 0 unspecified atom stereocenters. The number of ether oxygens (including phenoxy) is 1. The molecule has 17 heavy (non-hydrogen) atoms. The van der Waals surface area contributed by atoms with Gasteiger partial charge in [0, 0.05) is 25.9 Å². The zero-order chi connectivity index (χ0) is 12.7. The fourth-order valence-electron chi connectivity index (χ4n) is 1.63. The van der Waals surface area contributed by atoms with Gasteiger partial charge in [-0.2, -0.15) is 0 Å². The lowest BCUT2D eigenvalue weighted by atomic mass is 10.2. The molecule has 0 aliphatic heterocycles. The van der Waals surface area contributed by atoms with E-state index in [0.29, 0.717) is 13.2 Å². The van der Waals surface area contributed by atoms with E-state index in [1.54, 1.807) is 7.11 Å². The van der Waals surface area contributed by atoms with Crippen molar-refractivity contribution in [1.82, 2.24) is 4.98 Å². The molecular formula is C13H20N2O2. The molecule has 0 radical (unpaired) electrons. The van der Waals surface area contributed by atoms with Gasteiger partial charge in [0.15, 0.2) is 0 Å². The minimum atomic E-state index is 0.0303. The molecule has 0 fully saturated rings. The molecular weight excluding hydrogens is 216 g/mol. The predicted molar refractivity (Wildman–Crippen MR) is 69.2 cm³/mol. The summed E-state index contributed by atoms with van der Waals surface area (Å²) >= 11 is 0. The smallest absolute Gasteiger partial charge is 0.129 e. The molecule has 1 aromatic heterocycles. The Morgan fingerprint density at radius 3 is 2.88 bits per heavy atom. The van der Waals surface area contributed by atoms with Crippen LogP contribution in [-0.4, -0.2) is 36.9 Å². The van der Waals surface area contributed by atoms with Gasteiger partial charge in [0.25, 0.3) is 0 Å². The third-order valence-electron chi connectivity index (χ3n) is 2.42. The zero-order valence-electron chi connectivity index (χ0n) is 10.5. The summed E-state index contributed by atoms with van der Waals surface area (Å²) in [4.78, 5) is 6.54. The van der Waals surface area contributed by atoms with Crippen molar-refractivity contribution in [2.75, 3.05) is 31.7 Å². The number of rotatable bonds is 7. The predicted octanol–water partition coefficient (Wildman–Crippen LogP) is 1.52. The van der Waals surface area contributed by atoms with Crippen LogP contribution in [0, 0.1) is 6.92 Å². The van der Waals surface area contributed by atoms with Crippen molar-refractivity contribution >= 4 is 5.82 Å². The minimum absolute atomic E-state index is 0.0303. The van der Waals surface area contributed by atoms with Gasteiger partial charge in [-0.1, -0.05) is 6.08 Å². The fraction of sp³-hybridized carbons (Fsp3) is 0.462. The van der Waals surface area contributed by atoms with Gasteiger partial charge in [0.1, 0.15) is 5.82 Å². The molecule has 4 nitrogen and oxygen atoms in total. The van der Waals surface area contributed by atoms with Crippen LogP contribution < -0.4 is 4.90 Å². The Balaban J connectivity index is 2.91. The fourth-order valence-corrected chi connectivity index (χ4v) is 1.63. The van der Waals surface area contributed by atoms with Crippen molar-refractivity contribution in [3.05, 3.63) is 36.0 Å². The van der Waals surface area contributed by atoms with Crippen molar-refractivity contribution in [1.29, 1.82) is 0 Å². The number of methoxy groups -OCH3 is 1. The first-order chi connectivity index (χ1) is 8.21. The SMILES string of the molecule is C=CCN(CCOC)c1cc(CO)cc(C)n1. The highest BCUT2D eigenvalue weighted by molar-refractivity contribution is 5.43. The maximum atomic E-state index is 9.18. The van der Waals surface area contributed by atoms with E-state index in [1.807, 2.05) is 25.1 Å². The summed E-state index contributed by atoms with van der Waals surface area (Å²) in [6.45, 7) is 7.80. The van der Waals surface area contributed by atoms with Gasteiger partial charge in [0.05, 0.1) is 13.2 Å². The van der Waals surface area contributed by atoms with Crippen LogP contribution in [-0.2, 0) is 11.3 Å². The van der Waals surface area contributed by atoms with Crippen LogP contribution in [0.25, 0.3) is 0 Å². The van der Waals surface area contributed by atoms with Gasteiger partial charge in [-0.15, -0.1) is 6.58 Å². The van der Waals surface area contributed by atoms with E-state index >= 15 is 0 Å². The molecule has 0 aromatic carbocycles. The average molecular weight is 236 g/mol. The van der Waals surface area contributed by atoms with E-state index in [2.05, 4.69) is 16.5 Å². The molecule has 0 aliphatic rings. The highest BCUT2D eigenvalue weighted by atomic mass is 16.5. The number of hydrogen-bond donors (Lipinski definition) is 1. The molecule has 1 aromatic rings. The Morgan fingerprint density at radius 1 is 1.53 bits per heavy atom. The van der Waals surface area contributed by atoms with Gasteiger partial charge in [-0.3, -0.25) is 0 Å². The normalized spacial score (nSPS) is 10.3. The maximum Gasteiger partial charge on any atom is 0.129 e. The summed E-state index contributed by atoms with van der Waals surface area (Å²) < 4.78 is 5.07. The first-order valence-corrected chi connectivity index (χ1v) is 5.64. The highest BCUT2D eigenvalue weighted by Crippen LogP contribution is 2.15. The molecule has 0 saturated heterocycles. The Labute approximate surface area is 103 Å². The minimum Gasteiger partial charge on any atom is -0.392 e. The number of nitrogens with zero attached hydrogens (tertiary/aromatic N) is 2. The molecule has 0 bridgehead atoms. The average Bonchev–Trinajstić information content (AvgIpc) is 2.33. The Morgan fingerprint density at radius 2 is 2.29 bits per heavy atom. The number of hydrogen-bond acceptors (Lipinski definition) is 4. The lowest BCUT2D eigenvalue weighted by Gasteiger charge is -2.22. The van der Waals surface area contributed by atoms with E-state index < -0.39 is 0 Å². The molecule has 0 saturated carbocycles. The van der Waals surface area contributed by atoms with Crippen LogP contribution in [0.1, 0.15) is 11.3 Å². The van der Waals surface area contributed by atoms with Crippen molar-refractivity contribution < 1.29 is 9.84 Å². The summed E-state index contributed by atoms with van der Waals surface area (Å²) in [6, 6.07) is 3.78. The third-order valence-corrected chi connectivity index (χ3v) is 2.42. The standard InChI is InChI=1S/C13H20N2O2/c1-4-5-15(6-7-17-3)13-9-12(10-16)8-11(2)14-13/h4,8-9,16H,1,5-7,10H2,2-3H3. The van der Waals surface area contributed by atoms with E-state index in [-0.39, 0.29) is 6.61 Å². The lowest BCUT2D eigenvalue weighted by Crippen LogP contribution is -2.28. The van der Waals surface area contributed by atoms with E-state index in [1.165, 1.54) is 0 Å². The second-order valence-electron chi connectivity index (χ2n) is 3.86. The van der Waals surface area contributed by atoms with Crippen molar-refractivity contribution in [3.63, 3.8) is 0 Å². The quantitative estimate of drug-likeness (QED) is 0.729. The van der Waals surface area contributed by atoms with Gasteiger partial charge in [-0.25, -0.2) is 4.98 Å². The van der Waals surface area contributed by atoms with Crippen molar-refractivity contribution in [3.8, 4) is 0 Å². The zero-order valence-corrected chi connectivity index (χ0v) is 10.5. The molecule has 1 rings (SSSR count). The molecule has 1 heterocycles. The summed E-state index contributed by atoms with van der Waals surface area (Å²) in [5.74, 6) is 0.853. The van der Waals surface area contributed by atoms with Crippen LogP contribution in [0.5, 0.6) is 0 Å². The summed E-state index contributed by atoms with van der Waals surface area (Å²) in [5.41, 5.74) is 1.78. The van der Waals surface area contributed by atoms with E-state index in [0.717, 1.165) is 23.6 Å². The van der Waals surface area contributed by atoms with E-state index in [9.17, 15) is 5.11 Å². The maximum absolute atomic E-state index is 9.18. The monoisotopic (exact) mass is 236 g/mol. The number of aliphatic hydroxyl groups is 1. The topological polar surface area (TPSA) is 45.6 Å². The largest absolute Gasteiger partial charge is 0.392 e. The highest BCUT2D eigenvalue weighted by Gasteiger charge is 2.08. The molecule has 4 heteroatoms. The summed E-state index contributed by atoms with van der Waals surface area (Å²) in [7, 11) is 1.68. The van der Waals surface area contributed by atoms with Gasteiger partial charge in [0.2, 0.25) is 0 Å². The summed E-state index contributed by atoms with van der Waals surface area (Å²) in [5, 5.41) is 9.18. The number of pyridine rings is 1. The van der Waals surface area contributed by atoms with Gasteiger partial charge in [-0.05, 0) is 24.6 Å². The third kappa shape index (κ3) is 4.17. The van der Waals surface area contributed by atoms with Crippen LogP contribution in [0.3, 0.4) is 0 Å². The number of aliphatic hydroxyl groups excluding tert-OH is 1. The van der Waals surface area contributed by atoms with Crippen LogP contribution in [0.2, 0.25) is 0 Å². The van der Waals surface area contributed by atoms with Crippen molar-refractivity contribution in [2.24, 2.45) is 0 Å². The second kappa shape index (κ2) is 7.04. The Bertz CT molecular complexity index is 366. The van der Waals surface area contributed by atoms with Crippen LogP contribution in [0.4, 0.5) is 5.82 Å². The Hall–Kier alpha value is -1.39. The van der Waals surface area contributed by atoms with E-state index in [4.69, 9.17) is 4.74 Å². The van der Waals surface area contributed by atoms with Crippen molar-refractivity contribution in [2.45, 2.75) is 13.5 Å². The molecule has 0 aliphatic carbocycles. The molecule has 0 atom stereocenters. The van der Waals surface area contributed by atoms with Gasteiger partial charge >= 0.3 is 0 Å². The molecule has 0 spiro atoms. The first kappa shape index (κ1) is 13.7. The second-order valence-corrected chi connectivity index (χ2v) is 3.86. The molecule has 0 amide bonds.